The molecule has 1 aromatic carbocycles. The second-order valence-corrected chi connectivity index (χ2v) is 5.97. The van der Waals surface area contributed by atoms with Crippen LogP contribution in [0, 0.1) is 5.82 Å². The maximum atomic E-state index is 13.5. The van der Waals surface area contributed by atoms with Gasteiger partial charge in [-0.1, -0.05) is 12.1 Å². The standard InChI is InChI=1S/C13H19FN2O3S/c1-4-16(5-2)13(17)10(3)15-20(18,19)12-9-7-6-8-11(12)14/h6-10,15H,4-5H2,1-3H3. The summed E-state index contributed by atoms with van der Waals surface area (Å²) in [7, 11) is -4.06. The van der Waals surface area contributed by atoms with Gasteiger partial charge in [0.25, 0.3) is 0 Å². The van der Waals surface area contributed by atoms with E-state index in [0.29, 0.717) is 13.1 Å². The van der Waals surface area contributed by atoms with Gasteiger partial charge in [0, 0.05) is 13.1 Å². The summed E-state index contributed by atoms with van der Waals surface area (Å²) in [5.74, 6) is -1.18. The zero-order valence-corrected chi connectivity index (χ0v) is 12.6. The lowest BCUT2D eigenvalue weighted by molar-refractivity contribution is -0.132. The molecule has 0 radical (unpaired) electrons. The molecular weight excluding hydrogens is 283 g/mol. The Morgan fingerprint density at radius 2 is 1.85 bits per heavy atom. The highest BCUT2D eigenvalue weighted by Gasteiger charge is 2.26. The molecule has 5 nitrogen and oxygen atoms in total. The number of hydrogen-bond donors (Lipinski definition) is 1. The Morgan fingerprint density at radius 1 is 1.30 bits per heavy atom. The lowest BCUT2D eigenvalue weighted by atomic mass is 10.3. The van der Waals surface area contributed by atoms with Gasteiger partial charge in [0.15, 0.2) is 0 Å². The fourth-order valence-electron chi connectivity index (χ4n) is 1.82. The highest BCUT2D eigenvalue weighted by atomic mass is 32.2. The van der Waals surface area contributed by atoms with Crippen molar-refractivity contribution in [3.63, 3.8) is 0 Å². The van der Waals surface area contributed by atoms with Crippen molar-refractivity contribution in [3.8, 4) is 0 Å². The minimum absolute atomic E-state index is 0.338. The lowest BCUT2D eigenvalue weighted by Crippen LogP contribution is -2.46. The molecule has 0 aromatic heterocycles. The number of nitrogens with one attached hydrogen (secondary N) is 1. The van der Waals surface area contributed by atoms with Crippen molar-refractivity contribution in [3.05, 3.63) is 30.1 Å². The number of carbonyl (C=O) groups excluding carboxylic acids is 1. The number of sulfonamides is 1. The molecule has 0 aliphatic heterocycles. The minimum Gasteiger partial charge on any atom is -0.342 e. The molecule has 0 heterocycles. The quantitative estimate of drug-likeness (QED) is 0.863. The third kappa shape index (κ3) is 3.77. The summed E-state index contributed by atoms with van der Waals surface area (Å²) in [6.07, 6.45) is 0. The molecule has 0 bridgehead atoms. The second-order valence-electron chi connectivity index (χ2n) is 4.28. The third-order valence-electron chi connectivity index (χ3n) is 2.90. The molecule has 1 rings (SSSR count). The van der Waals surface area contributed by atoms with E-state index in [1.54, 1.807) is 13.8 Å². The topological polar surface area (TPSA) is 66.5 Å². The first-order chi connectivity index (χ1) is 9.33. The first kappa shape index (κ1) is 16.6. The average molecular weight is 302 g/mol. The molecule has 1 unspecified atom stereocenters. The maximum Gasteiger partial charge on any atom is 0.244 e. The van der Waals surface area contributed by atoms with E-state index in [2.05, 4.69) is 4.72 Å². The van der Waals surface area contributed by atoms with Crippen molar-refractivity contribution < 1.29 is 17.6 Å². The fraction of sp³-hybridized carbons (Fsp3) is 0.462. The Morgan fingerprint density at radius 3 is 2.35 bits per heavy atom. The Kier molecular flexibility index (Phi) is 5.64. The van der Waals surface area contributed by atoms with Crippen molar-refractivity contribution in [2.75, 3.05) is 13.1 Å². The molecule has 1 atom stereocenters. The summed E-state index contributed by atoms with van der Waals surface area (Å²) >= 11 is 0. The summed E-state index contributed by atoms with van der Waals surface area (Å²) in [6.45, 7) is 6.03. The number of benzene rings is 1. The summed E-state index contributed by atoms with van der Waals surface area (Å²) in [5.41, 5.74) is 0. The Bertz CT molecular complexity index is 571. The molecule has 0 aliphatic carbocycles. The molecule has 0 fully saturated rings. The summed E-state index contributed by atoms with van der Waals surface area (Å²) in [4.78, 5) is 13.1. The Balaban J connectivity index is 2.92. The van der Waals surface area contributed by atoms with Crippen molar-refractivity contribution in [1.29, 1.82) is 0 Å². The van der Waals surface area contributed by atoms with E-state index < -0.39 is 26.8 Å². The molecular formula is C13H19FN2O3S. The van der Waals surface area contributed by atoms with Crippen molar-refractivity contribution in [1.82, 2.24) is 9.62 Å². The number of rotatable bonds is 6. The normalized spacial score (nSPS) is 13.0. The highest BCUT2D eigenvalue weighted by Crippen LogP contribution is 2.14. The molecule has 20 heavy (non-hydrogen) atoms. The van der Waals surface area contributed by atoms with E-state index in [4.69, 9.17) is 0 Å². The Hall–Kier alpha value is -1.47. The van der Waals surface area contributed by atoms with Crippen LogP contribution in [0.4, 0.5) is 4.39 Å². The largest absolute Gasteiger partial charge is 0.342 e. The average Bonchev–Trinajstić information content (AvgIpc) is 2.39. The van der Waals surface area contributed by atoms with Gasteiger partial charge in [0.2, 0.25) is 15.9 Å². The van der Waals surface area contributed by atoms with Crippen LogP contribution in [0.25, 0.3) is 0 Å². The van der Waals surface area contributed by atoms with Gasteiger partial charge in [-0.15, -0.1) is 0 Å². The number of halogens is 1. The minimum atomic E-state index is -4.06. The molecule has 0 saturated carbocycles. The molecule has 0 saturated heterocycles. The van der Waals surface area contributed by atoms with Crippen molar-refractivity contribution in [2.45, 2.75) is 31.7 Å². The van der Waals surface area contributed by atoms with E-state index in [1.807, 2.05) is 0 Å². The Labute approximate surface area is 118 Å². The van der Waals surface area contributed by atoms with Crippen LogP contribution in [-0.2, 0) is 14.8 Å². The maximum absolute atomic E-state index is 13.5. The van der Waals surface area contributed by atoms with Gasteiger partial charge >= 0.3 is 0 Å². The molecule has 1 aromatic rings. The van der Waals surface area contributed by atoms with Gasteiger partial charge in [-0.05, 0) is 32.9 Å². The van der Waals surface area contributed by atoms with Crippen LogP contribution in [0.5, 0.6) is 0 Å². The van der Waals surface area contributed by atoms with Crippen LogP contribution >= 0.6 is 0 Å². The van der Waals surface area contributed by atoms with Crippen molar-refractivity contribution >= 4 is 15.9 Å². The number of nitrogens with zero attached hydrogens (tertiary/aromatic N) is 1. The van der Waals surface area contributed by atoms with Crippen LogP contribution in [-0.4, -0.2) is 38.4 Å². The molecule has 0 aliphatic rings. The highest BCUT2D eigenvalue weighted by molar-refractivity contribution is 7.89. The van der Waals surface area contributed by atoms with E-state index >= 15 is 0 Å². The van der Waals surface area contributed by atoms with E-state index in [1.165, 1.54) is 24.0 Å². The number of carbonyl (C=O) groups is 1. The molecule has 0 spiro atoms. The molecule has 7 heteroatoms. The van der Waals surface area contributed by atoms with Gasteiger partial charge in [0.05, 0.1) is 6.04 Å². The van der Waals surface area contributed by atoms with Gasteiger partial charge in [0.1, 0.15) is 10.7 Å². The number of amides is 1. The zero-order valence-electron chi connectivity index (χ0n) is 11.8. The van der Waals surface area contributed by atoms with Crippen LogP contribution in [0.1, 0.15) is 20.8 Å². The van der Waals surface area contributed by atoms with E-state index in [9.17, 15) is 17.6 Å². The summed E-state index contributed by atoms with van der Waals surface area (Å²) in [5, 5.41) is 0. The zero-order chi connectivity index (χ0) is 15.3. The number of hydrogen-bond acceptors (Lipinski definition) is 3. The van der Waals surface area contributed by atoms with Gasteiger partial charge in [-0.25, -0.2) is 12.8 Å². The van der Waals surface area contributed by atoms with Crippen LogP contribution in [0.3, 0.4) is 0 Å². The van der Waals surface area contributed by atoms with Gasteiger partial charge < -0.3 is 4.90 Å². The molecule has 1 N–H and O–H groups in total. The fourth-order valence-corrected chi connectivity index (χ4v) is 3.09. The molecule has 1 amide bonds. The van der Waals surface area contributed by atoms with Crippen LogP contribution < -0.4 is 4.72 Å². The number of likely N-dealkylation sites (N-methyl/N-ethyl adjacent to an activating group) is 1. The summed E-state index contributed by atoms with van der Waals surface area (Å²) < 4.78 is 39.8. The van der Waals surface area contributed by atoms with Gasteiger partial charge in [-0.3, -0.25) is 4.79 Å². The van der Waals surface area contributed by atoms with Crippen LogP contribution in [0.15, 0.2) is 29.2 Å². The van der Waals surface area contributed by atoms with Gasteiger partial charge in [-0.2, -0.15) is 4.72 Å². The molecule has 112 valence electrons. The van der Waals surface area contributed by atoms with E-state index in [0.717, 1.165) is 12.1 Å². The summed E-state index contributed by atoms with van der Waals surface area (Å²) in [6, 6.07) is 4.10. The van der Waals surface area contributed by atoms with Crippen molar-refractivity contribution in [2.24, 2.45) is 0 Å². The lowest BCUT2D eigenvalue weighted by Gasteiger charge is -2.23. The second kappa shape index (κ2) is 6.81. The first-order valence-electron chi connectivity index (χ1n) is 6.39. The smallest absolute Gasteiger partial charge is 0.244 e. The predicted octanol–water partition coefficient (Wildman–Crippen LogP) is 1.36. The van der Waals surface area contributed by atoms with Crippen LogP contribution in [0.2, 0.25) is 0 Å². The SMILES string of the molecule is CCN(CC)C(=O)C(C)NS(=O)(=O)c1ccccc1F. The predicted molar refractivity (Wildman–Crippen MR) is 74.1 cm³/mol. The first-order valence-corrected chi connectivity index (χ1v) is 7.87. The van der Waals surface area contributed by atoms with E-state index in [-0.39, 0.29) is 5.91 Å². The third-order valence-corrected chi connectivity index (χ3v) is 4.48. The monoisotopic (exact) mass is 302 g/mol.